The number of hydrogen-bond acceptors (Lipinski definition) is 8. The summed E-state index contributed by atoms with van der Waals surface area (Å²) in [4.78, 5) is 22.5. The summed E-state index contributed by atoms with van der Waals surface area (Å²) >= 11 is 0. The lowest BCUT2D eigenvalue weighted by molar-refractivity contribution is -0.119. The Morgan fingerprint density at radius 1 is 1.00 bits per heavy atom. The summed E-state index contributed by atoms with van der Waals surface area (Å²) in [6.07, 6.45) is 3.28. The van der Waals surface area contributed by atoms with E-state index in [9.17, 15) is 21.6 Å². The van der Waals surface area contributed by atoms with E-state index < -0.39 is 31.9 Å². The predicted molar refractivity (Wildman–Crippen MR) is 110 cm³/mol. The second-order valence-corrected chi connectivity index (χ2v) is 11.0. The molecule has 0 bridgehead atoms. The zero-order valence-electron chi connectivity index (χ0n) is 16.2. The van der Waals surface area contributed by atoms with Crippen LogP contribution in [0.4, 0.5) is 11.6 Å². The number of rotatable bonds is 4. The highest BCUT2D eigenvalue weighted by Gasteiger charge is 2.42. The van der Waals surface area contributed by atoms with Gasteiger partial charge in [0, 0.05) is 38.6 Å². The molecule has 1 atom stereocenters. The first-order valence-electron chi connectivity index (χ1n) is 9.39. The van der Waals surface area contributed by atoms with E-state index in [2.05, 4.69) is 9.97 Å². The van der Waals surface area contributed by atoms with Gasteiger partial charge in [0.2, 0.25) is 31.9 Å². The molecule has 12 heteroatoms. The highest BCUT2D eigenvalue weighted by atomic mass is 32.2. The van der Waals surface area contributed by atoms with E-state index in [-0.39, 0.29) is 29.4 Å². The normalized spacial score (nSPS) is 22.4. The molecule has 1 aromatic heterocycles. The third-order valence-corrected chi connectivity index (χ3v) is 8.92. The van der Waals surface area contributed by atoms with Crippen molar-refractivity contribution >= 4 is 37.6 Å². The fourth-order valence-electron chi connectivity index (χ4n) is 3.57. The topological polar surface area (TPSA) is 121 Å². The van der Waals surface area contributed by atoms with Gasteiger partial charge in [-0.25, -0.2) is 31.1 Å². The number of hydrogen-bond donors (Lipinski definition) is 0. The molecule has 10 nitrogen and oxygen atoms in total. The van der Waals surface area contributed by atoms with Crippen molar-refractivity contribution in [3.05, 3.63) is 42.7 Å². The van der Waals surface area contributed by atoms with Crippen molar-refractivity contribution in [1.29, 1.82) is 0 Å². The Morgan fingerprint density at radius 3 is 2.13 bits per heavy atom. The molecule has 2 aliphatic heterocycles. The monoisotopic (exact) mass is 451 g/mol. The van der Waals surface area contributed by atoms with Crippen LogP contribution in [-0.2, 0) is 24.8 Å². The zero-order chi connectivity index (χ0) is 21.5. The van der Waals surface area contributed by atoms with Gasteiger partial charge in [0.1, 0.15) is 0 Å². The SMILES string of the molecule is C[C@H]1CS(=O)(=O)N(c2ccc(S(=O)(=O)N3CCN(c4ncccn4)CC3)cc2)C1=O. The van der Waals surface area contributed by atoms with Crippen LogP contribution in [-0.4, -0.2) is 68.9 Å². The molecule has 2 saturated heterocycles. The van der Waals surface area contributed by atoms with Crippen LogP contribution in [0.15, 0.2) is 47.6 Å². The molecule has 0 aliphatic carbocycles. The van der Waals surface area contributed by atoms with Crippen LogP contribution in [0, 0.1) is 5.92 Å². The van der Waals surface area contributed by atoms with E-state index in [1.165, 1.54) is 28.6 Å². The Labute approximate surface area is 175 Å². The number of aromatic nitrogens is 2. The number of amides is 1. The van der Waals surface area contributed by atoms with E-state index in [4.69, 9.17) is 0 Å². The lowest BCUT2D eigenvalue weighted by Crippen LogP contribution is -2.49. The Morgan fingerprint density at radius 2 is 1.60 bits per heavy atom. The van der Waals surface area contributed by atoms with Crippen molar-refractivity contribution in [2.24, 2.45) is 5.92 Å². The number of carbonyl (C=O) groups is 1. The van der Waals surface area contributed by atoms with Crippen molar-refractivity contribution < 1.29 is 21.6 Å². The average molecular weight is 452 g/mol. The lowest BCUT2D eigenvalue weighted by atomic mass is 10.2. The quantitative estimate of drug-likeness (QED) is 0.651. The summed E-state index contributed by atoms with van der Waals surface area (Å²) in [5.74, 6) is -0.820. The second kappa shape index (κ2) is 7.60. The summed E-state index contributed by atoms with van der Waals surface area (Å²) < 4.78 is 52.5. The molecule has 1 aromatic carbocycles. The Hall–Kier alpha value is -2.57. The fourth-order valence-corrected chi connectivity index (χ4v) is 6.82. The molecular formula is C18H21N5O5S2. The second-order valence-electron chi connectivity index (χ2n) is 7.22. The fraction of sp³-hybridized carbons (Fsp3) is 0.389. The predicted octanol–water partition coefficient (Wildman–Crippen LogP) is 0.300. The lowest BCUT2D eigenvalue weighted by Gasteiger charge is -2.33. The summed E-state index contributed by atoms with van der Waals surface area (Å²) in [6.45, 7) is 3.02. The third-order valence-electron chi connectivity index (χ3n) is 5.14. The van der Waals surface area contributed by atoms with Gasteiger partial charge in [-0.3, -0.25) is 4.79 Å². The highest BCUT2D eigenvalue weighted by Crippen LogP contribution is 2.29. The van der Waals surface area contributed by atoms with Crippen LogP contribution in [0.25, 0.3) is 0 Å². The van der Waals surface area contributed by atoms with Crippen LogP contribution >= 0.6 is 0 Å². The molecule has 2 fully saturated rings. The maximum Gasteiger partial charge on any atom is 0.244 e. The molecule has 0 radical (unpaired) electrons. The summed E-state index contributed by atoms with van der Waals surface area (Å²) in [5, 5.41) is 0. The average Bonchev–Trinajstić information content (AvgIpc) is 2.95. The van der Waals surface area contributed by atoms with E-state index in [0.29, 0.717) is 19.0 Å². The maximum atomic E-state index is 13.0. The van der Waals surface area contributed by atoms with Gasteiger partial charge < -0.3 is 4.90 Å². The minimum absolute atomic E-state index is 0.0488. The van der Waals surface area contributed by atoms with Gasteiger partial charge >= 0.3 is 0 Å². The number of carbonyl (C=O) groups excluding carboxylic acids is 1. The molecule has 0 saturated carbocycles. The van der Waals surface area contributed by atoms with Gasteiger partial charge in [0.05, 0.1) is 22.3 Å². The van der Waals surface area contributed by atoms with Crippen molar-refractivity contribution in [3.8, 4) is 0 Å². The molecule has 2 aliphatic rings. The molecule has 1 amide bonds. The first kappa shape index (κ1) is 20.7. The standard InChI is InChI=1S/C18H21N5O5S2/c1-14-13-29(25,26)23(17(14)24)15-3-5-16(6-4-15)30(27,28)22-11-9-21(10-12-22)18-19-7-2-8-20-18/h2-8,14H,9-13H2,1H3/t14-/m0/s1. The largest absolute Gasteiger partial charge is 0.338 e. The molecule has 2 aromatic rings. The number of benzene rings is 1. The number of piperazine rings is 1. The van der Waals surface area contributed by atoms with Gasteiger partial charge in [-0.15, -0.1) is 0 Å². The number of nitrogens with zero attached hydrogens (tertiary/aromatic N) is 5. The van der Waals surface area contributed by atoms with Crippen molar-refractivity contribution in [2.75, 3.05) is 41.1 Å². The first-order valence-corrected chi connectivity index (χ1v) is 12.4. The summed E-state index contributed by atoms with van der Waals surface area (Å²) in [5.41, 5.74) is 0.148. The first-order chi connectivity index (χ1) is 14.2. The van der Waals surface area contributed by atoms with Crippen LogP contribution < -0.4 is 9.21 Å². The molecule has 160 valence electrons. The van der Waals surface area contributed by atoms with Gasteiger partial charge in [0.25, 0.3) is 0 Å². The van der Waals surface area contributed by atoms with E-state index in [0.717, 1.165) is 4.31 Å². The smallest absolute Gasteiger partial charge is 0.244 e. The van der Waals surface area contributed by atoms with E-state index in [1.54, 1.807) is 25.4 Å². The van der Waals surface area contributed by atoms with Gasteiger partial charge in [-0.2, -0.15) is 4.31 Å². The van der Waals surface area contributed by atoms with Gasteiger partial charge in [0.15, 0.2) is 0 Å². The van der Waals surface area contributed by atoms with Crippen molar-refractivity contribution in [2.45, 2.75) is 11.8 Å². The van der Waals surface area contributed by atoms with E-state index in [1.807, 2.05) is 4.90 Å². The van der Waals surface area contributed by atoms with Crippen LogP contribution in [0.1, 0.15) is 6.92 Å². The molecule has 4 rings (SSSR count). The molecule has 0 N–H and O–H groups in total. The molecule has 30 heavy (non-hydrogen) atoms. The van der Waals surface area contributed by atoms with E-state index >= 15 is 0 Å². The van der Waals surface area contributed by atoms with Gasteiger partial charge in [-0.1, -0.05) is 6.92 Å². The maximum absolute atomic E-state index is 13.0. The van der Waals surface area contributed by atoms with Gasteiger partial charge in [-0.05, 0) is 30.3 Å². The minimum Gasteiger partial charge on any atom is -0.338 e. The molecular weight excluding hydrogens is 430 g/mol. The molecule has 0 spiro atoms. The summed E-state index contributed by atoms with van der Waals surface area (Å²) in [6, 6.07) is 7.10. The molecule has 0 unspecified atom stereocenters. The number of anilines is 2. The Balaban J connectivity index is 1.50. The van der Waals surface area contributed by atoms with Crippen LogP contribution in [0.5, 0.6) is 0 Å². The minimum atomic E-state index is -3.75. The highest BCUT2D eigenvalue weighted by molar-refractivity contribution is 7.94. The Bertz CT molecular complexity index is 1150. The van der Waals surface area contributed by atoms with Crippen molar-refractivity contribution in [3.63, 3.8) is 0 Å². The molecule has 3 heterocycles. The third kappa shape index (κ3) is 3.66. The Kier molecular flexibility index (Phi) is 5.24. The summed E-state index contributed by atoms with van der Waals surface area (Å²) in [7, 11) is -7.48. The van der Waals surface area contributed by atoms with Crippen LogP contribution in [0.3, 0.4) is 0 Å². The van der Waals surface area contributed by atoms with Crippen LogP contribution in [0.2, 0.25) is 0 Å². The zero-order valence-corrected chi connectivity index (χ0v) is 17.9. The van der Waals surface area contributed by atoms with Crippen molar-refractivity contribution in [1.82, 2.24) is 14.3 Å². The number of sulfonamides is 2.